The first-order valence-corrected chi connectivity index (χ1v) is 6.66. The van der Waals surface area contributed by atoms with E-state index in [9.17, 15) is 4.79 Å². The topological polar surface area (TPSA) is 54.9 Å². The molecule has 0 saturated heterocycles. The molecular formula is C13H8ClN3OS. The first-order valence-electron chi connectivity index (χ1n) is 5.51. The number of rotatable bonds is 2. The Kier molecular flexibility index (Phi) is 3.15. The first kappa shape index (κ1) is 12.1. The molecule has 1 N–H and O–H groups in total. The van der Waals surface area contributed by atoms with Crippen LogP contribution in [0.5, 0.6) is 0 Å². The van der Waals surface area contributed by atoms with Crippen LogP contribution in [0.15, 0.2) is 42.5 Å². The molecule has 3 aromatic rings. The molecule has 19 heavy (non-hydrogen) atoms. The number of hydrogen-bond acceptors (Lipinski definition) is 4. The second kappa shape index (κ2) is 4.95. The molecule has 0 aliphatic rings. The van der Waals surface area contributed by atoms with E-state index in [1.165, 1.54) is 11.5 Å². The molecular weight excluding hydrogens is 282 g/mol. The lowest BCUT2D eigenvalue weighted by molar-refractivity contribution is 0.102. The molecule has 94 valence electrons. The Bertz CT molecular complexity index is 739. The number of nitrogens with zero attached hydrogens (tertiary/aromatic N) is 2. The second-order valence-electron chi connectivity index (χ2n) is 3.92. The van der Waals surface area contributed by atoms with Crippen LogP contribution in [-0.2, 0) is 0 Å². The Hall–Kier alpha value is -1.98. The van der Waals surface area contributed by atoms with Crippen LogP contribution < -0.4 is 5.32 Å². The number of nitrogens with one attached hydrogen (secondary N) is 1. The normalized spacial score (nSPS) is 10.6. The van der Waals surface area contributed by atoms with Crippen molar-refractivity contribution in [1.82, 2.24) is 9.59 Å². The number of carbonyl (C=O) groups excluding carboxylic acids is 1. The zero-order chi connectivity index (χ0) is 13.2. The predicted octanol–water partition coefficient (Wildman–Crippen LogP) is 3.60. The maximum Gasteiger partial charge on any atom is 0.255 e. The number of aromatic nitrogens is 2. The van der Waals surface area contributed by atoms with E-state index in [2.05, 4.69) is 14.9 Å². The van der Waals surface area contributed by atoms with E-state index >= 15 is 0 Å². The molecule has 1 heterocycles. The van der Waals surface area contributed by atoms with Crippen molar-refractivity contribution < 1.29 is 4.79 Å². The molecule has 0 saturated carbocycles. The van der Waals surface area contributed by atoms with Crippen LogP contribution >= 0.6 is 23.1 Å². The Morgan fingerprint density at radius 1 is 1.16 bits per heavy atom. The Morgan fingerprint density at radius 3 is 2.74 bits per heavy atom. The zero-order valence-electron chi connectivity index (χ0n) is 9.63. The summed E-state index contributed by atoms with van der Waals surface area (Å²) in [6.45, 7) is 0. The number of hydrogen-bond donors (Lipinski definition) is 1. The Labute approximate surface area is 118 Å². The van der Waals surface area contributed by atoms with Gasteiger partial charge in [-0.05, 0) is 54.0 Å². The standard InChI is InChI=1S/C13H8ClN3OS/c14-9-2-4-10(5-3-9)15-13(18)8-1-6-12-11(7-8)16-17-19-12/h1-7H,(H,15,18). The lowest BCUT2D eigenvalue weighted by atomic mass is 10.2. The van der Waals surface area contributed by atoms with Crippen molar-refractivity contribution in [2.24, 2.45) is 0 Å². The van der Waals surface area contributed by atoms with Gasteiger partial charge in [0, 0.05) is 16.3 Å². The van der Waals surface area contributed by atoms with Crippen LogP contribution in [0.3, 0.4) is 0 Å². The summed E-state index contributed by atoms with van der Waals surface area (Å²) in [6, 6.07) is 12.3. The number of benzene rings is 2. The molecule has 1 aromatic heterocycles. The van der Waals surface area contributed by atoms with Gasteiger partial charge in [0.25, 0.3) is 5.91 Å². The van der Waals surface area contributed by atoms with Gasteiger partial charge in [0.2, 0.25) is 0 Å². The van der Waals surface area contributed by atoms with Crippen LogP contribution in [0.25, 0.3) is 10.2 Å². The van der Waals surface area contributed by atoms with Crippen LogP contribution in [0.4, 0.5) is 5.69 Å². The highest BCUT2D eigenvalue weighted by Gasteiger charge is 2.08. The number of fused-ring (bicyclic) bond motifs is 1. The highest BCUT2D eigenvalue weighted by Crippen LogP contribution is 2.18. The molecule has 0 bridgehead atoms. The molecule has 6 heteroatoms. The second-order valence-corrected chi connectivity index (χ2v) is 5.14. The third-order valence-corrected chi connectivity index (χ3v) is 3.57. The van der Waals surface area contributed by atoms with Crippen LogP contribution in [0.1, 0.15) is 10.4 Å². The summed E-state index contributed by atoms with van der Waals surface area (Å²) in [4.78, 5) is 12.1. The third kappa shape index (κ3) is 2.57. The van der Waals surface area contributed by atoms with Crippen LogP contribution in [0.2, 0.25) is 5.02 Å². The van der Waals surface area contributed by atoms with Crippen molar-refractivity contribution in [1.29, 1.82) is 0 Å². The van der Waals surface area contributed by atoms with Gasteiger partial charge < -0.3 is 5.32 Å². The lowest BCUT2D eigenvalue weighted by Crippen LogP contribution is -2.11. The summed E-state index contributed by atoms with van der Waals surface area (Å²) in [6.07, 6.45) is 0. The molecule has 0 atom stereocenters. The quantitative estimate of drug-likeness (QED) is 0.784. The van der Waals surface area contributed by atoms with Gasteiger partial charge in [-0.25, -0.2) is 0 Å². The minimum atomic E-state index is -0.183. The fourth-order valence-corrected chi connectivity index (χ4v) is 2.32. The third-order valence-electron chi connectivity index (χ3n) is 2.61. The molecule has 0 aliphatic heterocycles. The molecule has 0 unspecified atom stereocenters. The zero-order valence-corrected chi connectivity index (χ0v) is 11.2. The Balaban J connectivity index is 1.84. The van der Waals surface area contributed by atoms with Gasteiger partial charge in [0.05, 0.1) is 4.70 Å². The smallest absolute Gasteiger partial charge is 0.255 e. The van der Waals surface area contributed by atoms with Gasteiger partial charge in [-0.2, -0.15) is 0 Å². The first-order chi connectivity index (χ1) is 9.22. The van der Waals surface area contributed by atoms with Crippen molar-refractivity contribution in [3.8, 4) is 0 Å². The molecule has 3 rings (SSSR count). The molecule has 0 spiro atoms. The minimum absolute atomic E-state index is 0.183. The van der Waals surface area contributed by atoms with E-state index in [0.717, 1.165) is 10.2 Å². The fraction of sp³-hybridized carbons (Fsp3) is 0. The lowest BCUT2D eigenvalue weighted by Gasteiger charge is -2.05. The van der Waals surface area contributed by atoms with Crippen LogP contribution in [-0.4, -0.2) is 15.5 Å². The largest absolute Gasteiger partial charge is 0.322 e. The highest BCUT2D eigenvalue weighted by molar-refractivity contribution is 7.12. The van der Waals surface area contributed by atoms with Crippen molar-refractivity contribution in [3.05, 3.63) is 53.1 Å². The van der Waals surface area contributed by atoms with Gasteiger partial charge in [-0.15, -0.1) is 5.10 Å². The number of halogens is 1. The van der Waals surface area contributed by atoms with E-state index in [-0.39, 0.29) is 5.91 Å². The van der Waals surface area contributed by atoms with Gasteiger partial charge in [-0.1, -0.05) is 16.1 Å². The van der Waals surface area contributed by atoms with E-state index < -0.39 is 0 Å². The molecule has 4 nitrogen and oxygen atoms in total. The highest BCUT2D eigenvalue weighted by atomic mass is 35.5. The van der Waals surface area contributed by atoms with Gasteiger partial charge >= 0.3 is 0 Å². The minimum Gasteiger partial charge on any atom is -0.322 e. The predicted molar refractivity (Wildman–Crippen MR) is 76.8 cm³/mol. The number of carbonyl (C=O) groups is 1. The average molecular weight is 290 g/mol. The fourth-order valence-electron chi connectivity index (χ4n) is 1.66. The Morgan fingerprint density at radius 2 is 1.95 bits per heavy atom. The summed E-state index contributed by atoms with van der Waals surface area (Å²) in [5, 5.41) is 7.38. The van der Waals surface area contributed by atoms with Crippen molar-refractivity contribution in [2.45, 2.75) is 0 Å². The summed E-state index contributed by atoms with van der Waals surface area (Å²) in [5.74, 6) is -0.183. The monoisotopic (exact) mass is 289 g/mol. The molecule has 2 aromatic carbocycles. The van der Waals surface area contributed by atoms with E-state index in [1.54, 1.807) is 36.4 Å². The van der Waals surface area contributed by atoms with E-state index in [0.29, 0.717) is 16.3 Å². The van der Waals surface area contributed by atoms with Crippen molar-refractivity contribution in [3.63, 3.8) is 0 Å². The molecule has 0 aliphatic carbocycles. The summed E-state index contributed by atoms with van der Waals surface area (Å²) < 4.78 is 4.80. The summed E-state index contributed by atoms with van der Waals surface area (Å²) in [7, 11) is 0. The van der Waals surface area contributed by atoms with Gasteiger partial charge in [0.15, 0.2) is 0 Å². The molecule has 0 radical (unpaired) electrons. The summed E-state index contributed by atoms with van der Waals surface area (Å²) >= 11 is 7.10. The van der Waals surface area contributed by atoms with Crippen LogP contribution in [0, 0.1) is 0 Å². The van der Waals surface area contributed by atoms with Gasteiger partial charge in [0.1, 0.15) is 5.52 Å². The van der Waals surface area contributed by atoms with Gasteiger partial charge in [-0.3, -0.25) is 4.79 Å². The van der Waals surface area contributed by atoms with E-state index in [4.69, 9.17) is 11.6 Å². The molecule has 0 fully saturated rings. The van der Waals surface area contributed by atoms with E-state index in [1.807, 2.05) is 6.07 Å². The SMILES string of the molecule is O=C(Nc1ccc(Cl)cc1)c1ccc2snnc2c1. The maximum absolute atomic E-state index is 12.1. The number of amides is 1. The average Bonchev–Trinajstić information content (AvgIpc) is 2.88. The summed E-state index contributed by atoms with van der Waals surface area (Å²) in [5.41, 5.74) is 1.98. The molecule has 1 amide bonds. The maximum atomic E-state index is 12.1. The van der Waals surface area contributed by atoms with Crippen molar-refractivity contribution >= 4 is 44.9 Å². The van der Waals surface area contributed by atoms with Crippen molar-refractivity contribution in [2.75, 3.05) is 5.32 Å². The number of anilines is 1.